The SMILES string of the molecule is CCS(=O)CCC(=O)c1ccccc1. The average molecular weight is 210 g/mol. The van der Waals surface area contributed by atoms with E-state index in [0.717, 1.165) is 0 Å². The van der Waals surface area contributed by atoms with Crippen molar-refractivity contribution in [2.24, 2.45) is 0 Å². The molecule has 0 saturated heterocycles. The molecule has 0 amide bonds. The standard InChI is InChI=1S/C11H14O2S/c1-2-14(13)9-8-11(12)10-6-4-3-5-7-10/h3-7H,2,8-9H2,1H3. The van der Waals surface area contributed by atoms with Crippen LogP contribution >= 0.6 is 0 Å². The third-order valence-electron chi connectivity index (χ3n) is 1.97. The fourth-order valence-electron chi connectivity index (χ4n) is 1.12. The highest BCUT2D eigenvalue weighted by atomic mass is 32.2. The van der Waals surface area contributed by atoms with Gasteiger partial charge in [-0.2, -0.15) is 0 Å². The Labute approximate surface area is 86.8 Å². The second-order valence-electron chi connectivity index (χ2n) is 2.97. The molecular weight excluding hydrogens is 196 g/mol. The third-order valence-corrected chi connectivity index (χ3v) is 3.28. The van der Waals surface area contributed by atoms with Crippen LogP contribution in [-0.2, 0) is 10.8 Å². The van der Waals surface area contributed by atoms with Gasteiger partial charge in [-0.25, -0.2) is 0 Å². The molecule has 0 spiro atoms. The number of hydrogen-bond acceptors (Lipinski definition) is 2. The van der Waals surface area contributed by atoms with E-state index in [4.69, 9.17) is 0 Å². The molecule has 1 unspecified atom stereocenters. The van der Waals surface area contributed by atoms with Gasteiger partial charge >= 0.3 is 0 Å². The fraction of sp³-hybridized carbons (Fsp3) is 0.364. The monoisotopic (exact) mass is 210 g/mol. The van der Waals surface area contributed by atoms with E-state index in [2.05, 4.69) is 0 Å². The van der Waals surface area contributed by atoms with Gasteiger partial charge in [-0.1, -0.05) is 37.3 Å². The lowest BCUT2D eigenvalue weighted by Crippen LogP contribution is -2.07. The topological polar surface area (TPSA) is 34.1 Å². The number of Topliss-reactive ketones (excluding diaryl/α,β-unsaturated/α-hetero) is 1. The largest absolute Gasteiger partial charge is 0.294 e. The molecule has 0 radical (unpaired) electrons. The summed E-state index contributed by atoms with van der Waals surface area (Å²) >= 11 is 0. The molecular formula is C11H14O2S. The van der Waals surface area contributed by atoms with Gasteiger partial charge < -0.3 is 0 Å². The zero-order valence-electron chi connectivity index (χ0n) is 8.23. The molecule has 0 saturated carbocycles. The zero-order chi connectivity index (χ0) is 10.4. The Morgan fingerprint density at radius 2 is 1.93 bits per heavy atom. The Hall–Kier alpha value is -0.960. The normalized spacial score (nSPS) is 12.4. The summed E-state index contributed by atoms with van der Waals surface area (Å²) in [5.41, 5.74) is 0.709. The van der Waals surface area contributed by atoms with E-state index in [9.17, 15) is 9.00 Å². The Morgan fingerprint density at radius 1 is 1.29 bits per heavy atom. The molecule has 0 heterocycles. The van der Waals surface area contributed by atoms with Crippen LogP contribution in [0.2, 0.25) is 0 Å². The maximum atomic E-state index is 11.5. The van der Waals surface area contributed by atoms with Crippen LogP contribution in [-0.4, -0.2) is 21.5 Å². The van der Waals surface area contributed by atoms with E-state index in [1.54, 1.807) is 12.1 Å². The number of carbonyl (C=O) groups excluding carboxylic acids is 1. The Bertz CT molecular complexity index is 319. The van der Waals surface area contributed by atoms with Crippen molar-refractivity contribution in [3.63, 3.8) is 0 Å². The van der Waals surface area contributed by atoms with Crippen LogP contribution in [0.3, 0.4) is 0 Å². The van der Waals surface area contributed by atoms with Crippen molar-refractivity contribution in [2.45, 2.75) is 13.3 Å². The maximum absolute atomic E-state index is 11.5. The van der Waals surface area contributed by atoms with Gasteiger partial charge in [0, 0.05) is 34.3 Å². The quantitative estimate of drug-likeness (QED) is 0.697. The van der Waals surface area contributed by atoms with Crippen molar-refractivity contribution in [1.82, 2.24) is 0 Å². The minimum absolute atomic E-state index is 0.0763. The molecule has 0 fully saturated rings. The predicted molar refractivity (Wildman–Crippen MR) is 58.9 cm³/mol. The first kappa shape index (κ1) is 11.1. The predicted octanol–water partition coefficient (Wildman–Crippen LogP) is 2.03. The van der Waals surface area contributed by atoms with E-state index in [1.165, 1.54) is 0 Å². The first-order chi connectivity index (χ1) is 6.74. The highest BCUT2D eigenvalue weighted by Gasteiger charge is 2.06. The molecule has 0 N–H and O–H groups in total. The van der Waals surface area contributed by atoms with E-state index in [1.807, 2.05) is 25.1 Å². The Morgan fingerprint density at radius 3 is 2.50 bits per heavy atom. The van der Waals surface area contributed by atoms with Crippen molar-refractivity contribution in [3.8, 4) is 0 Å². The summed E-state index contributed by atoms with van der Waals surface area (Å²) in [6, 6.07) is 9.13. The van der Waals surface area contributed by atoms with Gasteiger partial charge in [0.15, 0.2) is 5.78 Å². The summed E-state index contributed by atoms with van der Waals surface area (Å²) in [6.45, 7) is 1.86. The molecule has 1 aromatic rings. The van der Waals surface area contributed by atoms with E-state index in [0.29, 0.717) is 23.5 Å². The Kier molecular flexibility index (Phi) is 4.53. The van der Waals surface area contributed by atoms with Gasteiger partial charge in [0.2, 0.25) is 0 Å². The van der Waals surface area contributed by atoms with Crippen LogP contribution in [0.1, 0.15) is 23.7 Å². The number of carbonyl (C=O) groups is 1. The number of rotatable bonds is 5. The van der Waals surface area contributed by atoms with E-state index in [-0.39, 0.29) is 5.78 Å². The highest BCUT2D eigenvalue weighted by molar-refractivity contribution is 7.84. The molecule has 14 heavy (non-hydrogen) atoms. The van der Waals surface area contributed by atoms with Gasteiger partial charge in [0.1, 0.15) is 0 Å². The summed E-state index contributed by atoms with van der Waals surface area (Å²) in [6.07, 6.45) is 0.379. The van der Waals surface area contributed by atoms with E-state index < -0.39 is 10.8 Å². The van der Waals surface area contributed by atoms with Crippen LogP contribution in [0.5, 0.6) is 0 Å². The maximum Gasteiger partial charge on any atom is 0.163 e. The lowest BCUT2D eigenvalue weighted by atomic mass is 10.1. The van der Waals surface area contributed by atoms with Crippen LogP contribution < -0.4 is 0 Å². The molecule has 1 aromatic carbocycles. The van der Waals surface area contributed by atoms with Gasteiger partial charge in [-0.3, -0.25) is 9.00 Å². The van der Waals surface area contributed by atoms with Gasteiger partial charge in [0.25, 0.3) is 0 Å². The van der Waals surface area contributed by atoms with Crippen molar-refractivity contribution in [1.29, 1.82) is 0 Å². The molecule has 0 aliphatic carbocycles. The van der Waals surface area contributed by atoms with Crippen LogP contribution in [0.4, 0.5) is 0 Å². The van der Waals surface area contributed by atoms with Crippen molar-refractivity contribution in [3.05, 3.63) is 35.9 Å². The zero-order valence-corrected chi connectivity index (χ0v) is 9.05. The molecule has 0 aliphatic heterocycles. The van der Waals surface area contributed by atoms with Crippen LogP contribution in [0.25, 0.3) is 0 Å². The van der Waals surface area contributed by atoms with Gasteiger partial charge in [0.05, 0.1) is 0 Å². The number of hydrogen-bond donors (Lipinski definition) is 0. The summed E-state index contributed by atoms with van der Waals surface area (Å²) in [5, 5.41) is 0. The molecule has 3 heteroatoms. The summed E-state index contributed by atoms with van der Waals surface area (Å²) in [5.74, 6) is 1.18. The molecule has 0 bridgehead atoms. The van der Waals surface area contributed by atoms with Crippen molar-refractivity contribution in [2.75, 3.05) is 11.5 Å². The summed E-state index contributed by atoms with van der Waals surface area (Å²) < 4.78 is 11.1. The summed E-state index contributed by atoms with van der Waals surface area (Å²) in [4.78, 5) is 11.5. The van der Waals surface area contributed by atoms with Gasteiger partial charge in [-0.15, -0.1) is 0 Å². The first-order valence-electron chi connectivity index (χ1n) is 4.67. The van der Waals surface area contributed by atoms with Crippen molar-refractivity contribution < 1.29 is 9.00 Å². The molecule has 76 valence electrons. The highest BCUT2D eigenvalue weighted by Crippen LogP contribution is 2.03. The third kappa shape index (κ3) is 3.42. The second kappa shape index (κ2) is 5.70. The Balaban J connectivity index is 2.48. The molecule has 1 atom stereocenters. The first-order valence-corrected chi connectivity index (χ1v) is 6.16. The molecule has 2 nitrogen and oxygen atoms in total. The van der Waals surface area contributed by atoms with Crippen LogP contribution in [0, 0.1) is 0 Å². The number of benzene rings is 1. The lowest BCUT2D eigenvalue weighted by molar-refractivity contribution is 0.0989. The molecule has 0 aromatic heterocycles. The number of ketones is 1. The minimum Gasteiger partial charge on any atom is -0.294 e. The fourth-order valence-corrected chi connectivity index (χ4v) is 1.82. The van der Waals surface area contributed by atoms with Gasteiger partial charge in [-0.05, 0) is 0 Å². The molecule has 0 aliphatic rings. The lowest BCUT2D eigenvalue weighted by Gasteiger charge is -1.99. The molecule has 1 rings (SSSR count). The average Bonchev–Trinajstić information content (AvgIpc) is 2.26. The van der Waals surface area contributed by atoms with E-state index >= 15 is 0 Å². The smallest absolute Gasteiger partial charge is 0.163 e. The van der Waals surface area contributed by atoms with Crippen LogP contribution in [0.15, 0.2) is 30.3 Å². The second-order valence-corrected chi connectivity index (χ2v) is 4.84. The minimum atomic E-state index is -0.842. The summed E-state index contributed by atoms with van der Waals surface area (Å²) in [7, 11) is -0.842. The van der Waals surface area contributed by atoms with Crippen molar-refractivity contribution >= 4 is 16.6 Å².